The van der Waals surface area contributed by atoms with Crippen molar-refractivity contribution in [3.63, 3.8) is 0 Å². The molecule has 1 unspecified atom stereocenters. The van der Waals surface area contributed by atoms with Crippen LogP contribution in [0.4, 0.5) is 0 Å². The summed E-state index contributed by atoms with van der Waals surface area (Å²) in [6, 6.07) is 20.1. The molecule has 0 N–H and O–H groups in total. The van der Waals surface area contributed by atoms with Crippen LogP contribution >= 0.6 is 0 Å². The summed E-state index contributed by atoms with van der Waals surface area (Å²) in [5.74, 6) is 1.15. The molecule has 3 atom stereocenters. The van der Waals surface area contributed by atoms with Crippen LogP contribution in [0.5, 0.6) is 0 Å². The third-order valence-electron chi connectivity index (χ3n) is 4.56. The molecule has 5 nitrogen and oxygen atoms in total. The van der Waals surface area contributed by atoms with Crippen LogP contribution in [-0.4, -0.2) is 23.9 Å². The Kier molecular flexibility index (Phi) is 4.59. The van der Waals surface area contributed by atoms with Gasteiger partial charge in [0.15, 0.2) is 6.10 Å². The zero-order valence-electron chi connectivity index (χ0n) is 14.0. The van der Waals surface area contributed by atoms with Gasteiger partial charge in [0.2, 0.25) is 11.8 Å². The molecule has 0 spiro atoms. The fraction of sp³-hybridized carbons (Fsp3) is 0.300. The Labute approximate surface area is 146 Å². The average Bonchev–Trinajstić information content (AvgIpc) is 3.33. The topological polar surface area (TPSA) is 57.4 Å². The first-order valence-electron chi connectivity index (χ1n) is 8.44. The van der Waals surface area contributed by atoms with Gasteiger partial charge in [-0.3, -0.25) is 0 Å². The summed E-state index contributed by atoms with van der Waals surface area (Å²) < 4.78 is 17.5. The molecular weight excluding hydrogens is 316 g/mol. The van der Waals surface area contributed by atoms with E-state index >= 15 is 0 Å². The van der Waals surface area contributed by atoms with E-state index in [1.807, 2.05) is 48.5 Å². The van der Waals surface area contributed by atoms with Crippen molar-refractivity contribution in [2.75, 3.05) is 13.7 Å². The van der Waals surface area contributed by atoms with Crippen LogP contribution in [0.15, 0.2) is 65.1 Å². The summed E-state index contributed by atoms with van der Waals surface area (Å²) in [6.45, 7) is 0.689. The van der Waals surface area contributed by atoms with Gasteiger partial charge in [-0.15, -0.1) is 10.2 Å². The lowest BCUT2D eigenvalue weighted by Gasteiger charge is -2.16. The molecule has 0 aliphatic carbocycles. The van der Waals surface area contributed by atoms with Gasteiger partial charge in [0.25, 0.3) is 0 Å². The minimum atomic E-state index is -0.361. The number of methoxy groups -OCH3 is 1. The van der Waals surface area contributed by atoms with E-state index in [4.69, 9.17) is 13.9 Å². The van der Waals surface area contributed by atoms with E-state index < -0.39 is 0 Å². The van der Waals surface area contributed by atoms with Crippen molar-refractivity contribution in [1.29, 1.82) is 0 Å². The number of aromatic nitrogens is 2. The van der Waals surface area contributed by atoms with Crippen LogP contribution < -0.4 is 0 Å². The van der Waals surface area contributed by atoms with E-state index in [1.165, 1.54) is 0 Å². The van der Waals surface area contributed by atoms with Crippen molar-refractivity contribution < 1.29 is 13.9 Å². The van der Waals surface area contributed by atoms with Crippen LogP contribution in [0.1, 0.15) is 47.5 Å². The van der Waals surface area contributed by atoms with Gasteiger partial charge in [-0.05, 0) is 17.5 Å². The van der Waals surface area contributed by atoms with E-state index in [2.05, 4.69) is 22.3 Å². The molecule has 5 heteroatoms. The van der Waals surface area contributed by atoms with Gasteiger partial charge in [-0.25, -0.2) is 0 Å². The van der Waals surface area contributed by atoms with Gasteiger partial charge in [-0.2, -0.15) is 0 Å². The highest BCUT2D eigenvalue weighted by molar-refractivity contribution is 5.24. The fourth-order valence-corrected chi connectivity index (χ4v) is 3.32. The van der Waals surface area contributed by atoms with Crippen molar-refractivity contribution in [3.05, 3.63) is 83.6 Å². The maximum Gasteiger partial charge on any atom is 0.249 e. The quantitative estimate of drug-likeness (QED) is 0.703. The highest BCUT2D eigenvalue weighted by atomic mass is 16.5. The van der Waals surface area contributed by atoms with Crippen LogP contribution in [-0.2, 0) is 9.47 Å². The molecule has 0 bridgehead atoms. The van der Waals surface area contributed by atoms with Gasteiger partial charge in [0.05, 0.1) is 12.0 Å². The molecule has 128 valence electrons. The minimum absolute atomic E-state index is 0.0489. The highest BCUT2D eigenvalue weighted by Gasteiger charge is 2.35. The number of nitrogens with zero attached hydrogens (tertiary/aromatic N) is 2. The monoisotopic (exact) mass is 336 g/mol. The second-order valence-electron chi connectivity index (χ2n) is 6.10. The molecule has 4 rings (SSSR count). The Hall–Kier alpha value is -2.50. The first-order valence-corrected chi connectivity index (χ1v) is 8.44. The number of benzene rings is 2. The van der Waals surface area contributed by atoms with Crippen LogP contribution in [0, 0.1) is 0 Å². The molecule has 0 amide bonds. The SMILES string of the molecule is COC(c1ccccc1)c1nnc([C@H]2CCO[C@@H]2c2ccccc2)o1. The second-order valence-corrected chi connectivity index (χ2v) is 6.10. The van der Waals surface area contributed by atoms with Crippen molar-refractivity contribution >= 4 is 0 Å². The zero-order chi connectivity index (χ0) is 17.1. The molecule has 25 heavy (non-hydrogen) atoms. The summed E-state index contributed by atoms with van der Waals surface area (Å²) in [4.78, 5) is 0. The van der Waals surface area contributed by atoms with E-state index in [0.717, 1.165) is 17.5 Å². The van der Waals surface area contributed by atoms with E-state index in [9.17, 15) is 0 Å². The maximum atomic E-state index is 6.00. The molecule has 1 saturated heterocycles. The first-order chi connectivity index (χ1) is 12.4. The molecule has 2 heterocycles. The van der Waals surface area contributed by atoms with Gasteiger partial charge in [-0.1, -0.05) is 60.7 Å². The lowest BCUT2D eigenvalue weighted by atomic mass is 9.95. The van der Waals surface area contributed by atoms with Gasteiger partial charge < -0.3 is 13.9 Å². The summed E-state index contributed by atoms with van der Waals surface area (Å²) in [7, 11) is 1.65. The van der Waals surface area contributed by atoms with E-state index in [1.54, 1.807) is 7.11 Å². The third kappa shape index (κ3) is 3.21. The lowest BCUT2D eigenvalue weighted by Crippen LogP contribution is -2.06. The standard InChI is InChI=1S/C20H20N2O3/c1-23-18(15-10-6-3-7-11-15)20-22-21-19(25-20)16-12-13-24-17(16)14-8-4-2-5-9-14/h2-11,16-18H,12-13H2,1H3/t16-,17+,18?/m0/s1. The number of ether oxygens (including phenoxy) is 2. The predicted molar refractivity (Wildman–Crippen MR) is 92.1 cm³/mol. The number of hydrogen-bond donors (Lipinski definition) is 0. The van der Waals surface area contributed by atoms with Crippen LogP contribution in [0.25, 0.3) is 0 Å². The maximum absolute atomic E-state index is 6.00. The Morgan fingerprint density at radius 2 is 1.72 bits per heavy atom. The third-order valence-corrected chi connectivity index (χ3v) is 4.56. The minimum Gasteiger partial charge on any atom is -0.422 e. The van der Waals surface area contributed by atoms with Crippen molar-refractivity contribution in [1.82, 2.24) is 10.2 Å². The summed E-state index contributed by atoms with van der Waals surface area (Å²) in [5, 5.41) is 8.53. The molecule has 0 saturated carbocycles. The smallest absolute Gasteiger partial charge is 0.249 e. The summed E-state index contributed by atoms with van der Waals surface area (Å²) in [6.07, 6.45) is 0.455. The van der Waals surface area contributed by atoms with Crippen molar-refractivity contribution in [2.24, 2.45) is 0 Å². The second kappa shape index (κ2) is 7.17. The Morgan fingerprint density at radius 3 is 2.44 bits per heavy atom. The van der Waals surface area contributed by atoms with Gasteiger partial charge in [0.1, 0.15) is 0 Å². The molecule has 1 fully saturated rings. The van der Waals surface area contributed by atoms with E-state index in [0.29, 0.717) is 18.4 Å². The van der Waals surface area contributed by atoms with Gasteiger partial charge >= 0.3 is 0 Å². The molecular formula is C20H20N2O3. The molecule has 0 radical (unpaired) electrons. The average molecular weight is 336 g/mol. The first kappa shape index (κ1) is 16.0. The van der Waals surface area contributed by atoms with Crippen LogP contribution in [0.3, 0.4) is 0 Å². The van der Waals surface area contributed by atoms with Crippen LogP contribution in [0.2, 0.25) is 0 Å². The molecule has 1 aliphatic heterocycles. The molecule has 3 aromatic rings. The number of hydrogen-bond acceptors (Lipinski definition) is 5. The summed E-state index contributed by atoms with van der Waals surface area (Å²) in [5.41, 5.74) is 2.12. The van der Waals surface area contributed by atoms with Crippen molar-refractivity contribution in [3.8, 4) is 0 Å². The Bertz CT molecular complexity index is 804. The van der Waals surface area contributed by atoms with Gasteiger partial charge in [0, 0.05) is 13.7 Å². The predicted octanol–water partition coefficient (Wildman–Crippen LogP) is 4.05. The zero-order valence-corrected chi connectivity index (χ0v) is 14.0. The van der Waals surface area contributed by atoms with E-state index in [-0.39, 0.29) is 18.1 Å². The Morgan fingerprint density at radius 1 is 1.00 bits per heavy atom. The van der Waals surface area contributed by atoms with Crippen molar-refractivity contribution in [2.45, 2.75) is 24.5 Å². The molecule has 2 aromatic carbocycles. The number of rotatable bonds is 5. The largest absolute Gasteiger partial charge is 0.422 e. The highest BCUT2D eigenvalue weighted by Crippen LogP contribution is 2.41. The fourth-order valence-electron chi connectivity index (χ4n) is 3.32. The lowest BCUT2D eigenvalue weighted by molar-refractivity contribution is 0.0944. The molecule has 1 aliphatic rings. The molecule has 1 aromatic heterocycles. The summed E-state index contributed by atoms with van der Waals surface area (Å²) >= 11 is 0. The Balaban J connectivity index is 1.60. The normalized spacial score (nSPS) is 21.3.